The molecule has 0 heterocycles. The van der Waals surface area contributed by atoms with Gasteiger partial charge in [0, 0.05) is 4.90 Å². The number of aliphatic hydroxyl groups excluding tert-OH is 1. The molecule has 1 aromatic carbocycles. The standard InChI is InChI=1S/C12H14O3S/c1-15-12(14)10(8-13)6-9-4-3-5-11(7-9)16-2/h3-7,13H,8H2,1-2H3. The lowest BCUT2D eigenvalue weighted by Crippen LogP contribution is -2.07. The summed E-state index contributed by atoms with van der Waals surface area (Å²) in [7, 11) is 1.30. The summed E-state index contributed by atoms with van der Waals surface area (Å²) in [5.74, 6) is -0.503. The summed E-state index contributed by atoms with van der Waals surface area (Å²) >= 11 is 1.62. The van der Waals surface area contributed by atoms with E-state index in [2.05, 4.69) is 4.74 Å². The second-order valence-corrected chi connectivity index (χ2v) is 3.98. The molecule has 0 fully saturated rings. The first-order valence-corrected chi connectivity index (χ1v) is 5.97. The van der Waals surface area contributed by atoms with E-state index in [0.717, 1.165) is 10.5 Å². The number of rotatable bonds is 4. The van der Waals surface area contributed by atoms with Crippen molar-refractivity contribution >= 4 is 23.8 Å². The molecule has 0 bridgehead atoms. The maximum absolute atomic E-state index is 11.2. The number of ether oxygens (including phenoxy) is 1. The van der Waals surface area contributed by atoms with Crippen LogP contribution in [-0.2, 0) is 9.53 Å². The zero-order valence-corrected chi connectivity index (χ0v) is 10.1. The smallest absolute Gasteiger partial charge is 0.336 e. The van der Waals surface area contributed by atoms with Crippen LogP contribution in [0, 0.1) is 0 Å². The number of methoxy groups -OCH3 is 1. The van der Waals surface area contributed by atoms with Gasteiger partial charge >= 0.3 is 5.97 Å². The molecular formula is C12H14O3S. The minimum absolute atomic E-state index is 0.251. The van der Waals surface area contributed by atoms with Crippen molar-refractivity contribution in [3.8, 4) is 0 Å². The zero-order valence-electron chi connectivity index (χ0n) is 9.27. The minimum Gasteiger partial charge on any atom is -0.466 e. The SMILES string of the molecule is COC(=O)C(=Cc1cccc(SC)c1)CO. The van der Waals surface area contributed by atoms with Crippen LogP contribution in [0.4, 0.5) is 0 Å². The van der Waals surface area contributed by atoms with Crippen molar-refractivity contribution in [3.63, 3.8) is 0 Å². The topological polar surface area (TPSA) is 46.5 Å². The Balaban J connectivity index is 2.98. The lowest BCUT2D eigenvalue weighted by atomic mass is 10.1. The number of carbonyl (C=O) groups excluding carboxylic acids is 1. The quantitative estimate of drug-likeness (QED) is 0.495. The number of carbonyl (C=O) groups is 1. The second kappa shape index (κ2) is 6.35. The van der Waals surface area contributed by atoms with Crippen LogP contribution in [0.5, 0.6) is 0 Å². The molecule has 1 rings (SSSR count). The fraction of sp³-hybridized carbons (Fsp3) is 0.250. The van der Waals surface area contributed by atoms with Crippen LogP contribution in [0.15, 0.2) is 34.7 Å². The normalized spacial score (nSPS) is 11.3. The zero-order chi connectivity index (χ0) is 12.0. The highest BCUT2D eigenvalue weighted by Crippen LogP contribution is 2.17. The van der Waals surface area contributed by atoms with Gasteiger partial charge in [0.1, 0.15) is 0 Å². The molecule has 86 valence electrons. The third-order valence-corrected chi connectivity index (χ3v) is 2.78. The first-order valence-electron chi connectivity index (χ1n) is 4.75. The van der Waals surface area contributed by atoms with Gasteiger partial charge in [0.25, 0.3) is 0 Å². The van der Waals surface area contributed by atoms with Crippen LogP contribution in [0.2, 0.25) is 0 Å². The number of hydrogen-bond donors (Lipinski definition) is 1. The molecule has 0 aromatic heterocycles. The number of thioether (sulfide) groups is 1. The van der Waals surface area contributed by atoms with E-state index in [9.17, 15) is 4.79 Å². The van der Waals surface area contributed by atoms with Crippen LogP contribution >= 0.6 is 11.8 Å². The largest absolute Gasteiger partial charge is 0.466 e. The first kappa shape index (κ1) is 12.8. The number of aliphatic hydroxyl groups is 1. The van der Waals surface area contributed by atoms with Gasteiger partial charge < -0.3 is 9.84 Å². The van der Waals surface area contributed by atoms with E-state index in [1.165, 1.54) is 7.11 Å². The van der Waals surface area contributed by atoms with Crippen molar-refractivity contribution < 1.29 is 14.6 Å². The van der Waals surface area contributed by atoms with E-state index in [-0.39, 0.29) is 12.2 Å². The molecule has 1 aromatic rings. The molecule has 0 saturated carbocycles. The predicted molar refractivity (Wildman–Crippen MR) is 65.3 cm³/mol. The van der Waals surface area contributed by atoms with E-state index in [1.807, 2.05) is 30.5 Å². The predicted octanol–water partition coefficient (Wildman–Crippen LogP) is 1.96. The van der Waals surface area contributed by atoms with E-state index >= 15 is 0 Å². The Hall–Kier alpha value is -1.26. The average Bonchev–Trinajstić information content (AvgIpc) is 2.35. The highest BCUT2D eigenvalue weighted by Gasteiger charge is 2.07. The Morgan fingerprint density at radius 2 is 2.31 bits per heavy atom. The summed E-state index contributed by atoms with van der Waals surface area (Å²) in [5.41, 5.74) is 1.13. The number of hydrogen-bond acceptors (Lipinski definition) is 4. The van der Waals surface area contributed by atoms with Crippen LogP contribution in [0.1, 0.15) is 5.56 Å². The summed E-state index contributed by atoms with van der Waals surface area (Å²) in [5, 5.41) is 9.04. The lowest BCUT2D eigenvalue weighted by molar-refractivity contribution is -0.136. The maximum atomic E-state index is 11.2. The molecule has 0 aliphatic heterocycles. The van der Waals surface area contributed by atoms with Crippen molar-refractivity contribution in [2.24, 2.45) is 0 Å². The van der Waals surface area contributed by atoms with Gasteiger partial charge in [-0.3, -0.25) is 0 Å². The molecule has 0 aliphatic rings. The first-order chi connectivity index (χ1) is 7.71. The van der Waals surface area contributed by atoms with Gasteiger partial charge in [-0.05, 0) is 30.0 Å². The van der Waals surface area contributed by atoms with Gasteiger partial charge in [0.2, 0.25) is 0 Å². The van der Waals surface area contributed by atoms with Gasteiger partial charge in [-0.25, -0.2) is 4.79 Å². The molecule has 0 atom stereocenters. The second-order valence-electron chi connectivity index (χ2n) is 3.10. The maximum Gasteiger partial charge on any atom is 0.336 e. The molecule has 16 heavy (non-hydrogen) atoms. The van der Waals surface area contributed by atoms with Crippen molar-refractivity contribution in [1.29, 1.82) is 0 Å². The molecule has 0 spiro atoms. The Kier molecular flexibility index (Phi) is 5.08. The molecule has 0 aliphatic carbocycles. The summed E-state index contributed by atoms with van der Waals surface area (Å²) in [6.45, 7) is -0.323. The van der Waals surface area contributed by atoms with Gasteiger partial charge in [0.15, 0.2) is 0 Å². The lowest BCUT2D eigenvalue weighted by Gasteiger charge is -2.03. The van der Waals surface area contributed by atoms with Gasteiger partial charge in [-0.1, -0.05) is 12.1 Å². The van der Waals surface area contributed by atoms with Crippen LogP contribution in [0.25, 0.3) is 6.08 Å². The summed E-state index contributed by atoms with van der Waals surface area (Å²) in [6.07, 6.45) is 3.61. The molecule has 3 nitrogen and oxygen atoms in total. The number of benzene rings is 1. The molecule has 0 amide bonds. The summed E-state index contributed by atoms with van der Waals surface area (Å²) < 4.78 is 4.56. The molecule has 0 unspecified atom stereocenters. The summed E-state index contributed by atoms with van der Waals surface area (Å²) in [4.78, 5) is 12.4. The van der Waals surface area contributed by atoms with Gasteiger partial charge in [0.05, 0.1) is 19.3 Å². The monoisotopic (exact) mass is 238 g/mol. The fourth-order valence-electron chi connectivity index (χ4n) is 1.23. The Morgan fingerprint density at radius 1 is 1.56 bits per heavy atom. The van der Waals surface area contributed by atoms with Crippen molar-refractivity contribution in [3.05, 3.63) is 35.4 Å². The van der Waals surface area contributed by atoms with Gasteiger partial charge in [-0.2, -0.15) is 0 Å². The Morgan fingerprint density at radius 3 is 2.88 bits per heavy atom. The van der Waals surface area contributed by atoms with Gasteiger partial charge in [-0.15, -0.1) is 11.8 Å². The van der Waals surface area contributed by atoms with E-state index < -0.39 is 5.97 Å². The molecule has 4 heteroatoms. The number of esters is 1. The van der Waals surface area contributed by atoms with E-state index in [4.69, 9.17) is 5.11 Å². The highest BCUT2D eigenvalue weighted by atomic mass is 32.2. The third-order valence-electron chi connectivity index (χ3n) is 2.05. The Labute approximate surface area is 99.1 Å². The van der Waals surface area contributed by atoms with Crippen LogP contribution < -0.4 is 0 Å². The van der Waals surface area contributed by atoms with E-state index in [1.54, 1.807) is 17.8 Å². The molecule has 0 saturated heterocycles. The molecule has 1 N–H and O–H groups in total. The van der Waals surface area contributed by atoms with Crippen molar-refractivity contribution in [2.45, 2.75) is 4.90 Å². The Bertz CT molecular complexity index is 399. The van der Waals surface area contributed by atoms with E-state index in [0.29, 0.717) is 0 Å². The van der Waals surface area contributed by atoms with Crippen molar-refractivity contribution in [1.82, 2.24) is 0 Å². The minimum atomic E-state index is -0.503. The van der Waals surface area contributed by atoms with Crippen LogP contribution in [-0.4, -0.2) is 31.0 Å². The van der Waals surface area contributed by atoms with Crippen LogP contribution in [0.3, 0.4) is 0 Å². The third kappa shape index (κ3) is 3.40. The summed E-state index contributed by atoms with van der Waals surface area (Å²) in [6, 6.07) is 7.71. The molecule has 0 radical (unpaired) electrons. The molecular weight excluding hydrogens is 224 g/mol. The average molecular weight is 238 g/mol. The highest BCUT2D eigenvalue weighted by molar-refractivity contribution is 7.98. The fourth-order valence-corrected chi connectivity index (χ4v) is 1.70. The van der Waals surface area contributed by atoms with Crippen molar-refractivity contribution in [2.75, 3.05) is 20.0 Å².